The average molecular weight is 298 g/mol. The molecule has 5 heteroatoms. The zero-order valence-corrected chi connectivity index (χ0v) is 11.6. The summed E-state index contributed by atoms with van der Waals surface area (Å²) in [5.74, 6) is 0. The third kappa shape index (κ3) is 2.61. The van der Waals surface area contributed by atoms with E-state index in [1.165, 1.54) is 0 Å². The smallest absolute Gasteiger partial charge is 0.174 e. The van der Waals surface area contributed by atoms with Crippen LogP contribution in [0.15, 0.2) is 33.9 Å². The molecule has 17 heavy (non-hydrogen) atoms. The maximum absolute atomic E-state index is 5.29. The highest BCUT2D eigenvalue weighted by Gasteiger charge is 2.19. The number of nitrogens with zero attached hydrogens (tertiary/aromatic N) is 2. The van der Waals surface area contributed by atoms with Crippen LogP contribution in [0.3, 0.4) is 0 Å². The highest BCUT2D eigenvalue weighted by Crippen LogP contribution is 2.28. The zero-order chi connectivity index (χ0) is 12.3. The fraction of sp³-hybridized carbons (Fsp3) is 0.417. The molecule has 0 radical (unpaired) electrons. The lowest BCUT2D eigenvalue weighted by atomic mass is 10.1. The fourth-order valence-corrected chi connectivity index (χ4v) is 2.26. The van der Waals surface area contributed by atoms with Gasteiger partial charge in [-0.2, -0.15) is 0 Å². The van der Waals surface area contributed by atoms with Crippen LogP contribution >= 0.6 is 15.9 Å². The first-order valence-electron chi connectivity index (χ1n) is 5.74. The summed E-state index contributed by atoms with van der Waals surface area (Å²) in [6.45, 7) is 5.99. The van der Waals surface area contributed by atoms with E-state index in [-0.39, 0.29) is 6.04 Å². The van der Waals surface area contributed by atoms with Crippen LogP contribution in [0.5, 0.6) is 0 Å². The van der Waals surface area contributed by atoms with Crippen molar-refractivity contribution in [3.8, 4) is 0 Å². The molecule has 1 N–H and O–H groups in total. The molecule has 92 valence electrons. The molecule has 0 aliphatic rings. The predicted molar refractivity (Wildman–Crippen MR) is 69.8 cm³/mol. The van der Waals surface area contributed by atoms with Gasteiger partial charge < -0.3 is 14.3 Å². The van der Waals surface area contributed by atoms with Gasteiger partial charge in [0.25, 0.3) is 0 Å². The first kappa shape index (κ1) is 12.4. The van der Waals surface area contributed by atoms with Crippen molar-refractivity contribution in [2.24, 2.45) is 0 Å². The Morgan fingerprint density at radius 2 is 2.35 bits per heavy atom. The molecule has 0 saturated heterocycles. The molecular formula is C12H16BrN3O. The molecule has 2 aromatic rings. The van der Waals surface area contributed by atoms with Crippen molar-refractivity contribution in [1.82, 2.24) is 14.9 Å². The van der Waals surface area contributed by atoms with Gasteiger partial charge in [0.05, 0.1) is 24.3 Å². The molecule has 1 unspecified atom stereocenters. The number of hydrogen-bond donors (Lipinski definition) is 1. The van der Waals surface area contributed by atoms with Crippen LogP contribution < -0.4 is 5.32 Å². The van der Waals surface area contributed by atoms with Crippen LogP contribution in [0.1, 0.15) is 31.1 Å². The highest BCUT2D eigenvalue weighted by molar-refractivity contribution is 9.10. The standard InChI is InChI=1S/C12H16BrN3O/c1-3-14-11(9-5-6-17-12(9)13)10-7-16(4-2)8-15-10/h5-8,11,14H,3-4H2,1-2H3. The zero-order valence-electron chi connectivity index (χ0n) is 9.98. The Labute approximate surface area is 109 Å². The van der Waals surface area contributed by atoms with Gasteiger partial charge in [-0.1, -0.05) is 6.92 Å². The number of nitrogens with one attached hydrogen (secondary N) is 1. The van der Waals surface area contributed by atoms with Crippen molar-refractivity contribution in [3.63, 3.8) is 0 Å². The van der Waals surface area contributed by atoms with E-state index < -0.39 is 0 Å². The van der Waals surface area contributed by atoms with E-state index >= 15 is 0 Å². The van der Waals surface area contributed by atoms with Gasteiger partial charge in [-0.05, 0) is 35.5 Å². The van der Waals surface area contributed by atoms with Crippen LogP contribution in [-0.2, 0) is 6.54 Å². The summed E-state index contributed by atoms with van der Waals surface area (Å²) in [6, 6.07) is 2.03. The summed E-state index contributed by atoms with van der Waals surface area (Å²) in [5.41, 5.74) is 2.09. The Morgan fingerprint density at radius 3 is 2.88 bits per heavy atom. The number of imidazole rings is 1. The van der Waals surface area contributed by atoms with Gasteiger partial charge in [-0.25, -0.2) is 4.98 Å². The maximum atomic E-state index is 5.29. The van der Waals surface area contributed by atoms with Crippen molar-refractivity contribution >= 4 is 15.9 Å². The molecule has 0 saturated carbocycles. The molecule has 0 aliphatic carbocycles. The van der Waals surface area contributed by atoms with Gasteiger partial charge in [0, 0.05) is 18.3 Å². The molecule has 0 spiro atoms. The number of aryl methyl sites for hydroxylation is 1. The maximum Gasteiger partial charge on any atom is 0.174 e. The van der Waals surface area contributed by atoms with Gasteiger partial charge in [0.15, 0.2) is 4.67 Å². The molecule has 1 atom stereocenters. The van der Waals surface area contributed by atoms with E-state index in [0.29, 0.717) is 0 Å². The fourth-order valence-electron chi connectivity index (χ4n) is 1.79. The second kappa shape index (κ2) is 5.51. The summed E-state index contributed by atoms with van der Waals surface area (Å²) in [5, 5.41) is 3.41. The minimum absolute atomic E-state index is 0.0703. The molecule has 0 bridgehead atoms. The molecular weight excluding hydrogens is 282 g/mol. The topological polar surface area (TPSA) is 43.0 Å². The van der Waals surface area contributed by atoms with Gasteiger partial charge in [-0.15, -0.1) is 0 Å². The van der Waals surface area contributed by atoms with Crippen molar-refractivity contribution in [2.45, 2.75) is 26.4 Å². The third-order valence-corrected chi connectivity index (χ3v) is 3.32. The third-order valence-electron chi connectivity index (χ3n) is 2.68. The summed E-state index contributed by atoms with van der Waals surface area (Å²) in [7, 11) is 0. The van der Waals surface area contributed by atoms with Crippen LogP contribution in [0, 0.1) is 0 Å². The molecule has 0 amide bonds. The largest absolute Gasteiger partial charge is 0.457 e. The molecule has 0 aromatic carbocycles. The van der Waals surface area contributed by atoms with E-state index in [0.717, 1.165) is 29.0 Å². The van der Waals surface area contributed by atoms with Gasteiger partial charge in [-0.3, -0.25) is 0 Å². The molecule has 4 nitrogen and oxygen atoms in total. The number of hydrogen-bond acceptors (Lipinski definition) is 3. The highest BCUT2D eigenvalue weighted by atomic mass is 79.9. The van der Waals surface area contributed by atoms with E-state index in [9.17, 15) is 0 Å². The molecule has 2 rings (SSSR count). The predicted octanol–water partition coefficient (Wildman–Crippen LogP) is 2.96. The SMILES string of the molecule is CCNC(c1cn(CC)cn1)c1ccoc1Br. The van der Waals surface area contributed by atoms with E-state index in [2.05, 4.69) is 50.8 Å². The Hall–Kier alpha value is -1.07. The van der Waals surface area contributed by atoms with E-state index in [4.69, 9.17) is 4.42 Å². The van der Waals surface area contributed by atoms with Crippen LogP contribution in [-0.4, -0.2) is 16.1 Å². The molecule has 0 aliphatic heterocycles. The van der Waals surface area contributed by atoms with Gasteiger partial charge in [0.2, 0.25) is 0 Å². The molecule has 2 heterocycles. The molecule has 0 fully saturated rings. The second-order valence-corrected chi connectivity index (χ2v) is 4.49. The van der Waals surface area contributed by atoms with E-state index in [1.54, 1.807) is 6.26 Å². The lowest BCUT2D eigenvalue weighted by Gasteiger charge is -2.14. The minimum Gasteiger partial charge on any atom is -0.457 e. The lowest BCUT2D eigenvalue weighted by molar-refractivity contribution is 0.525. The van der Waals surface area contributed by atoms with Crippen molar-refractivity contribution in [2.75, 3.05) is 6.54 Å². The van der Waals surface area contributed by atoms with Crippen molar-refractivity contribution in [1.29, 1.82) is 0 Å². The van der Waals surface area contributed by atoms with Gasteiger partial charge >= 0.3 is 0 Å². The normalized spacial score (nSPS) is 12.9. The van der Waals surface area contributed by atoms with Crippen molar-refractivity contribution in [3.05, 3.63) is 40.8 Å². The summed E-state index contributed by atoms with van der Waals surface area (Å²) in [4.78, 5) is 4.44. The second-order valence-electron chi connectivity index (χ2n) is 3.77. The molecule has 2 aromatic heterocycles. The van der Waals surface area contributed by atoms with Crippen LogP contribution in [0.2, 0.25) is 0 Å². The monoisotopic (exact) mass is 297 g/mol. The Kier molecular flexibility index (Phi) is 4.02. The number of aromatic nitrogens is 2. The quantitative estimate of drug-likeness (QED) is 0.923. The first-order valence-corrected chi connectivity index (χ1v) is 6.53. The summed E-state index contributed by atoms with van der Waals surface area (Å²) < 4.78 is 8.11. The lowest BCUT2D eigenvalue weighted by Crippen LogP contribution is -2.22. The van der Waals surface area contributed by atoms with E-state index in [1.807, 2.05) is 12.4 Å². The Morgan fingerprint density at radius 1 is 1.53 bits per heavy atom. The minimum atomic E-state index is 0.0703. The number of rotatable bonds is 5. The van der Waals surface area contributed by atoms with Crippen LogP contribution in [0.25, 0.3) is 0 Å². The van der Waals surface area contributed by atoms with Gasteiger partial charge in [0.1, 0.15) is 0 Å². The average Bonchev–Trinajstić information content (AvgIpc) is 2.95. The number of halogens is 1. The Balaban J connectivity index is 2.32. The first-order chi connectivity index (χ1) is 8.26. The summed E-state index contributed by atoms with van der Waals surface area (Å²) >= 11 is 3.42. The van der Waals surface area contributed by atoms with Crippen LogP contribution in [0.4, 0.5) is 0 Å². The number of furan rings is 1. The summed E-state index contributed by atoms with van der Waals surface area (Å²) in [6.07, 6.45) is 5.60. The Bertz CT molecular complexity index is 478. The van der Waals surface area contributed by atoms with Crippen molar-refractivity contribution < 1.29 is 4.42 Å².